The van der Waals surface area contributed by atoms with Gasteiger partial charge >= 0.3 is 0 Å². The Labute approximate surface area is 67.4 Å². The van der Waals surface area contributed by atoms with E-state index in [-0.39, 0.29) is 5.41 Å². The Morgan fingerprint density at radius 1 is 1.55 bits per heavy atom. The minimum absolute atomic E-state index is 0.0289. The number of carbonyl (C=O) groups is 1. The zero-order valence-electron chi connectivity index (χ0n) is 6.81. The summed E-state index contributed by atoms with van der Waals surface area (Å²) >= 11 is 0. The van der Waals surface area contributed by atoms with E-state index >= 15 is 0 Å². The van der Waals surface area contributed by atoms with Crippen LogP contribution in [-0.4, -0.2) is 19.4 Å². The third-order valence-electron chi connectivity index (χ3n) is 3.14. The molecule has 0 amide bonds. The molecule has 2 unspecified atom stereocenters. The van der Waals surface area contributed by atoms with E-state index < -0.39 is 0 Å². The summed E-state index contributed by atoms with van der Waals surface area (Å²) in [6.07, 6.45) is 6.02. The zero-order chi connectivity index (χ0) is 7.73. The Bertz CT molecular complexity index is 157. The SMILES string of the molecule is O=CC12CCCC(CNC1)C2. The number of hydrogen-bond donors (Lipinski definition) is 1. The monoisotopic (exact) mass is 153 g/mol. The molecule has 2 aliphatic rings. The molecule has 0 spiro atoms. The van der Waals surface area contributed by atoms with Crippen LogP contribution in [0.3, 0.4) is 0 Å². The first-order valence-corrected chi connectivity index (χ1v) is 4.52. The van der Waals surface area contributed by atoms with Crippen molar-refractivity contribution in [3.8, 4) is 0 Å². The Balaban J connectivity index is 2.13. The molecule has 1 heterocycles. The van der Waals surface area contributed by atoms with Gasteiger partial charge in [0.1, 0.15) is 6.29 Å². The highest BCUT2D eigenvalue weighted by molar-refractivity contribution is 5.60. The van der Waals surface area contributed by atoms with Gasteiger partial charge in [-0.25, -0.2) is 0 Å². The van der Waals surface area contributed by atoms with Crippen molar-refractivity contribution >= 4 is 6.29 Å². The number of rotatable bonds is 1. The van der Waals surface area contributed by atoms with Crippen molar-refractivity contribution in [2.24, 2.45) is 11.3 Å². The van der Waals surface area contributed by atoms with Gasteiger partial charge in [-0.1, -0.05) is 6.42 Å². The van der Waals surface area contributed by atoms with Crippen LogP contribution >= 0.6 is 0 Å². The molecule has 2 bridgehead atoms. The first kappa shape index (κ1) is 7.29. The lowest BCUT2D eigenvalue weighted by Crippen LogP contribution is -2.47. The molecular weight excluding hydrogens is 138 g/mol. The van der Waals surface area contributed by atoms with Gasteiger partial charge in [-0.3, -0.25) is 0 Å². The summed E-state index contributed by atoms with van der Waals surface area (Å²) < 4.78 is 0. The first-order valence-electron chi connectivity index (χ1n) is 4.52. The molecule has 62 valence electrons. The van der Waals surface area contributed by atoms with Crippen LogP contribution < -0.4 is 5.32 Å². The zero-order valence-corrected chi connectivity index (χ0v) is 6.81. The normalized spacial score (nSPS) is 43.5. The molecule has 2 rings (SSSR count). The number of aldehydes is 1. The van der Waals surface area contributed by atoms with Crippen molar-refractivity contribution in [2.45, 2.75) is 25.7 Å². The average Bonchev–Trinajstić information content (AvgIpc) is 2.05. The van der Waals surface area contributed by atoms with E-state index in [1.807, 2.05) is 0 Å². The minimum atomic E-state index is 0.0289. The molecule has 0 radical (unpaired) electrons. The summed E-state index contributed by atoms with van der Waals surface area (Å²) in [5, 5.41) is 3.35. The topological polar surface area (TPSA) is 29.1 Å². The lowest BCUT2D eigenvalue weighted by Gasteiger charge is -2.41. The fraction of sp³-hybridized carbons (Fsp3) is 0.889. The first-order chi connectivity index (χ1) is 5.35. The summed E-state index contributed by atoms with van der Waals surface area (Å²) in [6.45, 7) is 2.06. The minimum Gasteiger partial charge on any atom is -0.315 e. The summed E-state index contributed by atoms with van der Waals surface area (Å²) in [7, 11) is 0. The average molecular weight is 153 g/mol. The number of hydrogen-bond acceptors (Lipinski definition) is 2. The second-order valence-corrected chi connectivity index (χ2v) is 4.07. The number of fused-ring (bicyclic) bond motifs is 2. The van der Waals surface area contributed by atoms with Crippen molar-refractivity contribution in [2.75, 3.05) is 13.1 Å². The predicted molar refractivity (Wildman–Crippen MR) is 43.3 cm³/mol. The van der Waals surface area contributed by atoms with Crippen LogP contribution in [0, 0.1) is 11.3 Å². The van der Waals surface area contributed by atoms with E-state index in [1.165, 1.54) is 19.1 Å². The Morgan fingerprint density at radius 2 is 2.45 bits per heavy atom. The molecule has 2 fully saturated rings. The molecule has 1 aliphatic heterocycles. The smallest absolute Gasteiger partial charge is 0.127 e. The Morgan fingerprint density at radius 3 is 3.18 bits per heavy atom. The summed E-state index contributed by atoms with van der Waals surface area (Å²) in [5.41, 5.74) is 0.0289. The van der Waals surface area contributed by atoms with E-state index in [1.54, 1.807) is 0 Å². The molecule has 1 N–H and O–H groups in total. The van der Waals surface area contributed by atoms with Gasteiger partial charge in [-0.15, -0.1) is 0 Å². The molecule has 11 heavy (non-hydrogen) atoms. The molecule has 2 atom stereocenters. The molecule has 1 saturated carbocycles. The largest absolute Gasteiger partial charge is 0.315 e. The van der Waals surface area contributed by atoms with Crippen LogP contribution in [0.4, 0.5) is 0 Å². The van der Waals surface area contributed by atoms with Gasteiger partial charge in [0.25, 0.3) is 0 Å². The summed E-state index contributed by atoms with van der Waals surface area (Å²) in [4.78, 5) is 10.9. The van der Waals surface area contributed by atoms with E-state index in [4.69, 9.17) is 0 Å². The van der Waals surface area contributed by atoms with Crippen molar-refractivity contribution < 1.29 is 4.79 Å². The van der Waals surface area contributed by atoms with Gasteiger partial charge in [-0.05, 0) is 31.7 Å². The van der Waals surface area contributed by atoms with Crippen molar-refractivity contribution in [3.63, 3.8) is 0 Å². The van der Waals surface area contributed by atoms with Gasteiger partial charge in [0.2, 0.25) is 0 Å². The van der Waals surface area contributed by atoms with Crippen LogP contribution in [-0.2, 0) is 4.79 Å². The molecule has 2 heteroatoms. The third kappa shape index (κ3) is 1.20. The van der Waals surface area contributed by atoms with Crippen LogP contribution in [0.5, 0.6) is 0 Å². The lowest BCUT2D eigenvalue weighted by atomic mass is 9.68. The number of nitrogens with one attached hydrogen (secondary N) is 1. The highest BCUT2D eigenvalue weighted by Gasteiger charge is 2.38. The Kier molecular flexibility index (Phi) is 1.72. The standard InChI is InChI=1S/C9H15NO/c11-7-9-3-1-2-8(4-9)5-10-6-9/h7-8,10H,1-6H2. The van der Waals surface area contributed by atoms with Gasteiger partial charge in [0.05, 0.1) is 0 Å². The maximum atomic E-state index is 10.9. The fourth-order valence-electron chi connectivity index (χ4n) is 2.53. The van der Waals surface area contributed by atoms with Crippen LogP contribution in [0.25, 0.3) is 0 Å². The van der Waals surface area contributed by atoms with Gasteiger partial charge < -0.3 is 10.1 Å². The number of carbonyl (C=O) groups excluding carboxylic acids is 1. The van der Waals surface area contributed by atoms with E-state index in [2.05, 4.69) is 5.32 Å². The molecule has 0 aromatic heterocycles. The molecule has 2 nitrogen and oxygen atoms in total. The molecule has 1 saturated heterocycles. The van der Waals surface area contributed by atoms with Gasteiger partial charge in [-0.2, -0.15) is 0 Å². The maximum Gasteiger partial charge on any atom is 0.127 e. The van der Waals surface area contributed by atoms with Gasteiger partial charge in [0, 0.05) is 12.0 Å². The highest BCUT2D eigenvalue weighted by Crippen LogP contribution is 2.39. The summed E-state index contributed by atoms with van der Waals surface area (Å²) in [5.74, 6) is 0.780. The van der Waals surface area contributed by atoms with Crippen molar-refractivity contribution in [1.82, 2.24) is 5.32 Å². The molecule has 0 aromatic carbocycles. The molecule has 0 aromatic rings. The lowest BCUT2D eigenvalue weighted by molar-refractivity contribution is -0.119. The number of piperidine rings is 1. The van der Waals surface area contributed by atoms with Crippen LogP contribution in [0.15, 0.2) is 0 Å². The third-order valence-corrected chi connectivity index (χ3v) is 3.14. The molecule has 1 aliphatic carbocycles. The highest BCUT2D eigenvalue weighted by atomic mass is 16.1. The second-order valence-electron chi connectivity index (χ2n) is 4.07. The van der Waals surface area contributed by atoms with Crippen molar-refractivity contribution in [1.29, 1.82) is 0 Å². The van der Waals surface area contributed by atoms with Crippen LogP contribution in [0.2, 0.25) is 0 Å². The van der Waals surface area contributed by atoms with Crippen molar-refractivity contribution in [3.05, 3.63) is 0 Å². The Hall–Kier alpha value is -0.370. The second kappa shape index (κ2) is 2.59. The quantitative estimate of drug-likeness (QED) is 0.569. The maximum absolute atomic E-state index is 10.9. The predicted octanol–water partition coefficient (Wildman–Crippen LogP) is 0.965. The van der Waals surface area contributed by atoms with E-state index in [0.29, 0.717) is 0 Å². The van der Waals surface area contributed by atoms with E-state index in [0.717, 1.165) is 31.8 Å². The fourth-order valence-corrected chi connectivity index (χ4v) is 2.53. The van der Waals surface area contributed by atoms with Gasteiger partial charge in [0.15, 0.2) is 0 Å². The molecular formula is C9H15NO. The van der Waals surface area contributed by atoms with E-state index in [9.17, 15) is 4.79 Å². The summed E-state index contributed by atoms with van der Waals surface area (Å²) in [6, 6.07) is 0. The van der Waals surface area contributed by atoms with Crippen LogP contribution in [0.1, 0.15) is 25.7 Å².